The van der Waals surface area contributed by atoms with Gasteiger partial charge in [0, 0.05) is 20.1 Å². The van der Waals surface area contributed by atoms with Crippen molar-refractivity contribution in [1.29, 1.82) is 0 Å². The van der Waals surface area contributed by atoms with Crippen molar-refractivity contribution in [3.63, 3.8) is 0 Å². The fourth-order valence-electron chi connectivity index (χ4n) is 1.88. The van der Waals surface area contributed by atoms with Crippen molar-refractivity contribution in [3.05, 3.63) is 4.88 Å². The van der Waals surface area contributed by atoms with E-state index in [4.69, 9.17) is 5.73 Å². The molecule has 0 aromatic carbocycles. The largest absolute Gasteiger partial charge is 0.382 e. The molecule has 3 N–H and O–H groups in total. The first-order valence-corrected chi connectivity index (χ1v) is 8.50. The number of thiazole rings is 1. The molecule has 0 spiro atoms. The van der Waals surface area contributed by atoms with Gasteiger partial charge in [0.25, 0.3) is 5.91 Å². The Morgan fingerprint density at radius 1 is 1.42 bits per heavy atom. The summed E-state index contributed by atoms with van der Waals surface area (Å²) in [7, 11) is -1.33. The van der Waals surface area contributed by atoms with E-state index >= 15 is 0 Å². The van der Waals surface area contributed by atoms with Crippen molar-refractivity contribution in [2.75, 3.05) is 42.7 Å². The second-order valence-corrected chi connectivity index (χ2v) is 7.58. The minimum atomic E-state index is -3.03. The Bertz CT molecular complexity index is 582. The van der Waals surface area contributed by atoms with E-state index in [0.717, 1.165) is 0 Å². The quantitative estimate of drug-likeness (QED) is 0.798. The minimum Gasteiger partial charge on any atom is -0.382 e. The molecule has 1 amide bonds. The highest BCUT2D eigenvalue weighted by Gasteiger charge is 2.26. The van der Waals surface area contributed by atoms with Crippen LogP contribution >= 0.6 is 11.3 Å². The molecule has 0 unspecified atom stereocenters. The van der Waals surface area contributed by atoms with Gasteiger partial charge < -0.3 is 16.0 Å². The maximum atomic E-state index is 12.3. The zero-order chi connectivity index (χ0) is 14.0. The molecule has 2 rings (SSSR count). The zero-order valence-corrected chi connectivity index (χ0v) is 12.2. The Balaban J connectivity index is 2.17. The molecule has 9 heteroatoms. The van der Waals surface area contributed by atoms with Gasteiger partial charge >= 0.3 is 0 Å². The maximum absolute atomic E-state index is 12.3. The second kappa shape index (κ2) is 5.33. The Hall–Kier alpha value is -1.35. The molecule has 1 fully saturated rings. The number of nitrogens with one attached hydrogen (secondary N) is 1. The van der Waals surface area contributed by atoms with Crippen LogP contribution in [0.2, 0.25) is 0 Å². The van der Waals surface area contributed by atoms with Crippen LogP contribution in [-0.4, -0.2) is 55.9 Å². The van der Waals surface area contributed by atoms with E-state index in [0.29, 0.717) is 23.0 Å². The first kappa shape index (κ1) is 14.1. The number of sulfone groups is 1. The lowest BCUT2D eigenvalue weighted by Gasteiger charge is -2.18. The van der Waals surface area contributed by atoms with Crippen LogP contribution in [0.4, 0.5) is 10.9 Å². The van der Waals surface area contributed by atoms with Gasteiger partial charge in [-0.05, 0) is 6.42 Å². The summed E-state index contributed by atoms with van der Waals surface area (Å²) in [5.41, 5.74) is 5.71. The van der Waals surface area contributed by atoms with Gasteiger partial charge in [-0.3, -0.25) is 4.79 Å². The molecule has 1 aromatic heterocycles. The van der Waals surface area contributed by atoms with Gasteiger partial charge in [-0.25, -0.2) is 13.4 Å². The predicted molar refractivity (Wildman–Crippen MR) is 75.2 cm³/mol. The van der Waals surface area contributed by atoms with Crippen LogP contribution < -0.4 is 11.1 Å². The van der Waals surface area contributed by atoms with Crippen LogP contribution in [0.3, 0.4) is 0 Å². The normalized spacial score (nSPS) is 18.9. The highest BCUT2D eigenvalue weighted by Crippen LogP contribution is 2.26. The number of anilines is 2. The molecule has 0 bridgehead atoms. The van der Waals surface area contributed by atoms with Crippen molar-refractivity contribution in [3.8, 4) is 0 Å². The SMILES string of the molecule is CNc1nc(N)c(C(=O)N2CCCS(=O)(=O)CC2)s1. The molecular formula is C10H16N4O3S2. The van der Waals surface area contributed by atoms with Crippen molar-refractivity contribution in [2.45, 2.75) is 6.42 Å². The molecule has 1 aromatic rings. The average Bonchev–Trinajstić information content (AvgIpc) is 2.63. The van der Waals surface area contributed by atoms with Crippen LogP contribution in [0.5, 0.6) is 0 Å². The first-order chi connectivity index (χ1) is 8.93. The molecule has 19 heavy (non-hydrogen) atoms. The molecule has 0 atom stereocenters. The van der Waals surface area contributed by atoms with E-state index in [-0.39, 0.29) is 29.8 Å². The van der Waals surface area contributed by atoms with E-state index < -0.39 is 9.84 Å². The standard InChI is InChI=1S/C10H16N4O3S2/c1-12-10-13-8(11)7(18-10)9(15)14-3-2-5-19(16,17)6-4-14/h2-6,11H2,1H3,(H,12,13). The van der Waals surface area contributed by atoms with E-state index in [1.807, 2.05) is 0 Å². The summed E-state index contributed by atoms with van der Waals surface area (Å²) in [5.74, 6) is 0.0904. The number of hydrogen-bond donors (Lipinski definition) is 2. The topological polar surface area (TPSA) is 105 Å². The number of carbonyl (C=O) groups excluding carboxylic acids is 1. The Labute approximate surface area is 115 Å². The number of hydrogen-bond acceptors (Lipinski definition) is 7. The van der Waals surface area contributed by atoms with Crippen molar-refractivity contribution < 1.29 is 13.2 Å². The molecule has 1 saturated heterocycles. The lowest BCUT2D eigenvalue weighted by Crippen LogP contribution is -2.33. The zero-order valence-electron chi connectivity index (χ0n) is 10.5. The fourth-order valence-corrected chi connectivity index (χ4v) is 3.95. The third-order valence-electron chi connectivity index (χ3n) is 2.90. The van der Waals surface area contributed by atoms with Gasteiger partial charge in [0.2, 0.25) is 0 Å². The Morgan fingerprint density at radius 2 is 2.16 bits per heavy atom. The van der Waals surface area contributed by atoms with Gasteiger partial charge in [0.15, 0.2) is 15.0 Å². The summed E-state index contributed by atoms with van der Waals surface area (Å²) in [6.07, 6.45) is 0.464. The van der Waals surface area contributed by atoms with Crippen molar-refractivity contribution in [1.82, 2.24) is 9.88 Å². The molecule has 0 aliphatic carbocycles. The summed E-state index contributed by atoms with van der Waals surface area (Å²) in [6.45, 7) is 0.650. The smallest absolute Gasteiger partial charge is 0.267 e. The molecule has 1 aliphatic rings. The number of nitrogens with two attached hydrogens (primary N) is 1. The number of nitrogens with zero attached hydrogens (tertiary/aromatic N) is 2. The lowest BCUT2D eigenvalue weighted by molar-refractivity contribution is 0.0774. The number of aromatic nitrogens is 1. The Kier molecular flexibility index (Phi) is 3.95. The third-order valence-corrected chi connectivity index (χ3v) is 5.70. The highest BCUT2D eigenvalue weighted by atomic mass is 32.2. The van der Waals surface area contributed by atoms with Crippen molar-refractivity contribution >= 4 is 38.0 Å². The first-order valence-electron chi connectivity index (χ1n) is 5.87. The third kappa shape index (κ3) is 3.16. The molecular weight excluding hydrogens is 288 g/mol. The number of carbonyl (C=O) groups is 1. The lowest BCUT2D eigenvalue weighted by atomic mass is 10.3. The number of amides is 1. The fraction of sp³-hybridized carbons (Fsp3) is 0.600. The molecule has 1 aliphatic heterocycles. The van der Waals surface area contributed by atoms with E-state index in [1.165, 1.54) is 16.2 Å². The Morgan fingerprint density at radius 3 is 2.79 bits per heavy atom. The van der Waals surface area contributed by atoms with Gasteiger partial charge in [0.1, 0.15) is 10.7 Å². The molecule has 0 saturated carbocycles. The van der Waals surface area contributed by atoms with Crippen LogP contribution in [0.1, 0.15) is 16.1 Å². The monoisotopic (exact) mass is 304 g/mol. The van der Waals surface area contributed by atoms with Crippen LogP contribution in [0.15, 0.2) is 0 Å². The van der Waals surface area contributed by atoms with Crippen LogP contribution in [0.25, 0.3) is 0 Å². The van der Waals surface area contributed by atoms with Gasteiger partial charge in [-0.2, -0.15) is 0 Å². The summed E-state index contributed by atoms with van der Waals surface area (Å²) < 4.78 is 23.0. The second-order valence-electron chi connectivity index (χ2n) is 4.28. The summed E-state index contributed by atoms with van der Waals surface area (Å²) >= 11 is 1.18. The van der Waals surface area contributed by atoms with Gasteiger partial charge in [-0.15, -0.1) is 0 Å². The molecule has 106 valence electrons. The molecule has 2 heterocycles. The summed E-state index contributed by atoms with van der Waals surface area (Å²) in [5, 5.41) is 3.40. The van der Waals surface area contributed by atoms with Gasteiger partial charge in [0.05, 0.1) is 11.5 Å². The number of nitrogen functional groups attached to an aromatic ring is 1. The van der Waals surface area contributed by atoms with Crippen molar-refractivity contribution in [2.24, 2.45) is 0 Å². The number of rotatable bonds is 2. The summed E-state index contributed by atoms with van der Waals surface area (Å²) in [4.78, 5) is 18.2. The van der Waals surface area contributed by atoms with E-state index in [2.05, 4.69) is 10.3 Å². The highest BCUT2D eigenvalue weighted by molar-refractivity contribution is 7.91. The maximum Gasteiger partial charge on any atom is 0.267 e. The molecule has 0 radical (unpaired) electrons. The van der Waals surface area contributed by atoms with Crippen LogP contribution in [-0.2, 0) is 9.84 Å². The molecule has 7 nitrogen and oxygen atoms in total. The predicted octanol–water partition coefficient (Wildman–Crippen LogP) is 0.0277. The van der Waals surface area contributed by atoms with Gasteiger partial charge in [-0.1, -0.05) is 11.3 Å². The van der Waals surface area contributed by atoms with E-state index in [1.54, 1.807) is 7.05 Å². The average molecular weight is 304 g/mol. The van der Waals surface area contributed by atoms with Crippen LogP contribution in [0, 0.1) is 0 Å². The minimum absolute atomic E-state index is 0.0103. The van der Waals surface area contributed by atoms with E-state index in [9.17, 15) is 13.2 Å². The summed E-state index contributed by atoms with van der Waals surface area (Å²) in [6, 6.07) is 0.